The molecule has 0 spiro atoms. The van der Waals surface area contributed by atoms with Crippen LogP contribution in [0.1, 0.15) is 26.2 Å². The molecule has 0 aromatic rings. The van der Waals surface area contributed by atoms with Crippen LogP contribution >= 0.6 is 0 Å². The van der Waals surface area contributed by atoms with Gasteiger partial charge in [-0.15, -0.1) is 0 Å². The minimum absolute atomic E-state index is 0.711. The van der Waals surface area contributed by atoms with Crippen LogP contribution in [-0.4, -0.2) is 30.6 Å². The lowest BCUT2D eigenvalue weighted by Crippen LogP contribution is -2.38. The maximum absolute atomic E-state index is 5.81. The van der Waals surface area contributed by atoms with Crippen molar-refractivity contribution in [1.29, 1.82) is 0 Å². The van der Waals surface area contributed by atoms with E-state index < -0.39 is 0 Å². The van der Waals surface area contributed by atoms with Crippen molar-refractivity contribution in [2.24, 2.45) is 17.6 Å². The molecular weight excluding hydrogens is 148 g/mol. The van der Waals surface area contributed by atoms with Gasteiger partial charge in [0.15, 0.2) is 0 Å². The molecule has 0 aromatic carbocycles. The van der Waals surface area contributed by atoms with Gasteiger partial charge >= 0.3 is 0 Å². The summed E-state index contributed by atoms with van der Waals surface area (Å²) in [5.41, 5.74) is 5.81. The van der Waals surface area contributed by atoms with Gasteiger partial charge in [0, 0.05) is 19.1 Å². The van der Waals surface area contributed by atoms with E-state index in [0.29, 0.717) is 6.04 Å². The number of fused-ring (bicyclic) bond motifs is 1. The molecular formula is C10H20N2. The fourth-order valence-corrected chi connectivity index (χ4v) is 3.19. The van der Waals surface area contributed by atoms with Crippen molar-refractivity contribution in [3.05, 3.63) is 0 Å². The van der Waals surface area contributed by atoms with Crippen molar-refractivity contribution in [1.82, 2.24) is 4.90 Å². The average Bonchev–Trinajstić information content (AvgIpc) is 2.61. The molecule has 3 unspecified atom stereocenters. The maximum atomic E-state index is 5.81. The molecule has 2 fully saturated rings. The molecule has 0 aromatic heterocycles. The van der Waals surface area contributed by atoms with Crippen molar-refractivity contribution >= 4 is 0 Å². The highest BCUT2D eigenvalue weighted by molar-refractivity contribution is 4.96. The zero-order chi connectivity index (χ0) is 8.55. The van der Waals surface area contributed by atoms with Gasteiger partial charge in [-0.05, 0) is 31.2 Å². The van der Waals surface area contributed by atoms with Crippen molar-refractivity contribution in [3.8, 4) is 0 Å². The van der Waals surface area contributed by atoms with Crippen LogP contribution in [0.2, 0.25) is 0 Å². The standard InChI is InChI=1S/C10H20N2/c1-2-12-7-8-4-3-5-9(8)10(12)6-11/h8-10H,2-7,11H2,1H3. The zero-order valence-corrected chi connectivity index (χ0v) is 8.00. The number of rotatable bonds is 2. The van der Waals surface area contributed by atoms with E-state index in [9.17, 15) is 0 Å². The van der Waals surface area contributed by atoms with Gasteiger partial charge in [-0.1, -0.05) is 13.3 Å². The Morgan fingerprint density at radius 2 is 2.25 bits per heavy atom. The topological polar surface area (TPSA) is 29.3 Å². The molecule has 2 N–H and O–H groups in total. The predicted molar refractivity (Wildman–Crippen MR) is 50.9 cm³/mol. The molecule has 3 atom stereocenters. The highest BCUT2D eigenvalue weighted by Crippen LogP contribution is 2.41. The fourth-order valence-electron chi connectivity index (χ4n) is 3.19. The van der Waals surface area contributed by atoms with E-state index in [4.69, 9.17) is 5.73 Å². The molecule has 70 valence electrons. The minimum Gasteiger partial charge on any atom is -0.329 e. The largest absolute Gasteiger partial charge is 0.329 e. The second-order valence-corrected chi connectivity index (χ2v) is 4.25. The Morgan fingerprint density at radius 3 is 2.92 bits per heavy atom. The van der Waals surface area contributed by atoms with Crippen LogP contribution in [0.25, 0.3) is 0 Å². The van der Waals surface area contributed by atoms with E-state index in [0.717, 1.165) is 18.4 Å². The number of nitrogens with two attached hydrogens (primary N) is 1. The third kappa shape index (κ3) is 1.17. The Labute approximate surface area is 75.1 Å². The number of likely N-dealkylation sites (N-methyl/N-ethyl adjacent to an activating group) is 1. The third-order valence-corrected chi connectivity index (χ3v) is 3.80. The first-order chi connectivity index (χ1) is 5.86. The SMILES string of the molecule is CCN1CC2CCCC2C1CN. The second kappa shape index (κ2) is 3.35. The molecule has 0 amide bonds. The summed E-state index contributed by atoms with van der Waals surface area (Å²) in [7, 11) is 0. The van der Waals surface area contributed by atoms with Gasteiger partial charge in [0.25, 0.3) is 0 Å². The molecule has 0 bridgehead atoms. The van der Waals surface area contributed by atoms with Crippen LogP contribution in [-0.2, 0) is 0 Å². The highest BCUT2D eigenvalue weighted by Gasteiger charge is 2.42. The normalized spacial score (nSPS) is 42.0. The van der Waals surface area contributed by atoms with Crippen molar-refractivity contribution in [2.75, 3.05) is 19.6 Å². The van der Waals surface area contributed by atoms with Crippen LogP contribution in [0.3, 0.4) is 0 Å². The molecule has 1 aliphatic heterocycles. The average molecular weight is 168 g/mol. The van der Waals surface area contributed by atoms with Crippen LogP contribution in [0.15, 0.2) is 0 Å². The summed E-state index contributed by atoms with van der Waals surface area (Å²) in [5.74, 6) is 1.92. The van der Waals surface area contributed by atoms with Crippen LogP contribution in [0, 0.1) is 11.8 Å². The highest BCUT2D eigenvalue weighted by atomic mass is 15.2. The molecule has 2 heteroatoms. The molecule has 2 aliphatic rings. The van der Waals surface area contributed by atoms with Gasteiger partial charge in [0.05, 0.1) is 0 Å². The Kier molecular flexibility index (Phi) is 2.37. The van der Waals surface area contributed by atoms with E-state index in [2.05, 4.69) is 11.8 Å². The maximum Gasteiger partial charge on any atom is 0.0249 e. The molecule has 2 rings (SSSR count). The second-order valence-electron chi connectivity index (χ2n) is 4.25. The van der Waals surface area contributed by atoms with Gasteiger partial charge < -0.3 is 5.73 Å². The number of hydrogen-bond acceptors (Lipinski definition) is 2. The van der Waals surface area contributed by atoms with Gasteiger partial charge in [-0.3, -0.25) is 4.90 Å². The summed E-state index contributed by atoms with van der Waals surface area (Å²) in [5, 5.41) is 0. The van der Waals surface area contributed by atoms with Crippen molar-refractivity contribution in [3.63, 3.8) is 0 Å². The summed E-state index contributed by atoms with van der Waals surface area (Å²) < 4.78 is 0. The smallest absolute Gasteiger partial charge is 0.0249 e. The van der Waals surface area contributed by atoms with Gasteiger partial charge in [0.2, 0.25) is 0 Å². The number of hydrogen-bond donors (Lipinski definition) is 1. The Balaban J connectivity index is 2.05. The van der Waals surface area contributed by atoms with E-state index in [-0.39, 0.29) is 0 Å². The quantitative estimate of drug-likeness (QED) is 0.668. The molecule has 1 aliphatic carbocycles. The zero-order valence-electron chi connectivity index (χ0n) is 8.00. The first-order valence-electron chi connectivity index (χ1n) is 5.31. The third-order valence-electron chi connectivity index (χ3n) is 3.80. The number of nitrogens with zero attached hydrogens (tertiary/aromatic N) is 1. The lowest BCUT2D eigenvalue weighted by molar-refractivity contribution is 0.237. The monoisotopic (exact) mass is 168 g/mol. The summed E-state index contributed by atoms with van der Waals surface area (Å²) in [6.45, 7) is 5.64. The van der Waals surface area contributed by atoms with E-state index in [1.807, 2.05) is 0 Å². The van der Waals surface area contributed by atoms with Crippen LogP contribution < -0.4 is 5.73 Å². The molecule has 1 saturated heterocycles. The minimum atomic E-state index is 0.711. The summed E-state index contributed by atoms with van der Waals surface area (Å²) in [4.78, 5) is 2.58. The first kappa shape index (κ1) is 8.52. The fraction of sp³-hybridized carbons (Fsp3) is 1.00. The van der Waals surface area contributed by atoms with Gasteiger partial charge in [-0.25, -0.2) is 0 Å². The molecule has 2 nitrogen and oxygen atoms in total. The summed E-state index contributed by atoms with van der Waals surface area (Å²) in [6.07, 6.45) is 4.34. The van der Waals surface area contributed by atoms with Crippen molar-refractivity contribution < 1.29 is 0 Å². The summed E-state index contributed by atoms with van der Waals surface area (Å²) >= 11 is 0. The van der Waals surface area contributed by atoms with E-state index in [1.165, 1.54) is 32.4 Å². The van der Waals surface area contributed by atoms with E-state index >= 15 is 0 Å². The predicted octanol–water partition coefficient (Wildman–Crippen LogP) is 1.07. The lowest BCUT2D eigenvalue weighted by Gasteiger charge is -2.24. The van der Waals surface area contributed by atoms with E-state index in [1.54, 1.807) is 0 Å². The Hall–Kier alpha value is -0.0800. The Morgan fingerprint density at radius 1 is 1.42 bits per heavy atom. The molecule has 12 heavy (non-hydrogen) atoms. The van der Waals surface area contributed by atoms with Gasteiger partial charge in [-0.2, -0.15) is 0 Å². The molecule has 1 heterocycles. The number of likely N-dealkylation sites (tertiary alicyclic amines) is 1. The van der Waals surface area contributed by atoms with Crippen LogP contribution in [0.4, 0.5) is 0 Å². The molecule has 1 saturated carbocycles. The lowest BCUT2D eigenvalue weighted by atomic mass is 9.94. The van der Waals surface area contributed by atoms with Crippen LogP contribution in [0.5, 0.6) is 0 Å². The van der Waals surface area contributed by atoms with Gasteiger partial charge in [0.1, 0.15) is 0 Å². The summed E-state index contributed by atoms with van der Waals surface area (Å²) in [6, 6.07) is 0.711. The first-order valence-corrected chi connectivity index (χ1v) is 5.31. The van der Waals surface area contributed by atoms with Crippen molar-refractivity contribution in [2.45, 2.75) is 32.2 Å². The Bertz CT molecular complexity index is 158. The molecule has 0 radical (unpaired) electrons.